The van der Waals surface area contributed by atoms with E-state index in [1.54, 1.807) is 21.0 Å². The van der Waals surface area contributed by atoms with Gasteiger partial charge >= 0.3 is 18.3 Å². The summed E-state index contributed by atoms with van der Waals surface area (Å²) in [7, 11) is 7.36. The molecule has 5 heterocycles. The van der Waals surface area contributed by atoms with Crippen LogP contribution in [0.2, 0.25) is 0 Å². The molecule has 342 valence electrons. The van der Waals surface area contributed by atoms with Crippen LogP contribution in [0.5, 0.6) is 0 Å². The first-order valence-electron chi connectivity index (χ1n) is 21.6. The zero-order valence-electron chi connectivity index (χ0n) is 38.2. The number of nitriles is 1. The third kappa shape index (κ3) is 10.0. The van der Waals surface area contributed by atoms with Crippen molar-refractivity contribution in [2.45, 2.75) is 192 Å². The van der Waals surface area contributed by atoms with E-state index in [0.717, 1.165) is 0 Å². The van der Waals surface area contributed by atoms with E-state index in [-0.39, 0.29) is 43.6 Å². The zero-order chi connectivity index (χ0) is 44.5. The van der Waals surface area contributed by atoms with E-state index in [1.165, 1.54) is 0 Å². The molecule has 5 aliphatic heterocycles. The highest BCUT2D eigenvalue weighted by Crippen LogP contribution is 2.44. The van der Waals surface area contributed by atoms with Gasteiger partial charge in [0.25, 0.3) is 0 Å². The highest BCUT2D eigenvalue weighted by molar-refractivity contribution is 5.73. The second-order valence-electron chi connectivity index (χ2n) is 18.7. The number of cyclic esters (lactones) is 1. The molecule has 0 aromatic rings. The Morgan fingerprint density at radius 3 is 2.23 bits per heavy atom. The maximum absolute atomic E-state index is 14.7. The summed E-state index contributed by atoms with van der Waals surface area (Å²) in [5.41, 5.74) is -3.56. The van der Waals surface area contributed by atoms with Gasteiger partial charge in [-0.25, -0.2) is 9.59 Å². The number of nitrogens with zero attached hydrogens (tertiary/aromatic N) is 3. The lowest BCUT2D eigenvalue weighted by Crippen LogP contribution is -2.63. The van der Waals surface area contributed by atoms with Gasteiger partial charge in [-0.1, -0.05) is 20.8 Å². The lowest BCUT2D eigenvalue weighted by molar-refractivity contribution is -0.330. The van der Waals surface area contributed by atoms with E-state index in [9.17, 15) is 14.4 Å². The number of esters is 1. The minimum absolute atomic E-state index is 0.126. The summed E-state index contributed by atoms with van der Waals surface area (Å²) in [5, 5.41) is 9.17. The number of likely N-dealkylation sites (N-methyl/N-ethyl adjacent to an activating group) is 2. The molecule has 0 amide bonds. The van der Waals surface area contributed by atoms with Gasteiger partial charge in [-0.05, 0) is 94.8 Å². The topological polar surface area (TPSA) is 183 Å². The first kappa shape index (κ1) is 48.2. The molecule has 60 heavy (non-hydrogen) atoms. The minimum atomic E-state index is -1.35. The van der Waals surface area contributed by atoms with Gasteiger partial charge in [0, 0.05) is 32.0 Å². The van der Waals surface area contributed by atoms with Crippen molar-refractivity contribution in [3.63, 3.8) is 0 Å². The Bertz CT molecular complexity index is 1550. The van der Waals surface area contributed by atoms with Gasteiger partial charge in [-0.3, -0.25) is 9.69 Å². The Morgan fingerprint density at radius 2 is 1.60 bits per heavy atom. The van der Waals surface area contributed by atoms with Gasteiger partial charge in [0.05, 0.1) is 55.0 Å². The quantitative estimate of drug-likeness (QED) is 0.176. The SMILES string of the molecule is CC[C@H]1OC(=O)[C@H](C)[C@@H](O[C@H]2C[C@@](C)(OC)[C@@H](OCCC#N)[C@H](C)O2)[C@H](C)[C@H]2O[C@@H]3O[C@H](C)C[C@H](N(C)C)[C@H]3OC(=O)O[C@]2(C)C[C@@H](C)CN(C)[C@H](C)[C@H]2OC(=O)O[C@@]21C. The first-order chi connectivity index (χ1) is 28.1. The van der Waals surface area contributed by atoms with Crippen molar-refractivity contribution < 1.29 is 66.5 Å². The highest BCUT2D eigenvalue weighted by atomic mass is 16.8. The van der Waals surface area contributed by atoms with Gasteiger partial charge in [0.2, 0.25) is 0 Å². The molecule has 5 rings (SSSR count). The van der Waals surface area contributed by atoms with E-state index in [1.807, 2.05) is 74.5 Å². The number of fused-ring (bicyclic) bond motifs is 3. The summed E-state index contributed by atoms with van der Waals surface area (Å²) < 4.78 is 69.7. The average molecular weight is 854 g/mol. The predicted octanol–water partition coefficient (Wildman–Crippen LogP) is 5.20. The van der Waals surface area contributed by atoms with Gasteiger partial charge in [-0.15, -0.1) is 0 Å². The van der Waals surface area contributed by atoms with E-state index in [0.29, 0.717) is 25.8 Å². The standard InChI is InChI=1S/C43H71N3O14/c1-15-30-43(10)35(58-40(49)60-43)27(6)46(13)22-23(2)20-42(9)34(57-38-33(56-39(48)59-42)29(45(11)12)19-24(3)52-38)25(4)32(26(5)37(47)54-30)55-31-21-41(8,50-14)36(28(7)53-31)51-18-16-17-44/h23-36,38H,15-16,18-22H2,1-14H3/t23-,24-,25+,26-,27-,28+,29+,30-,31+,32+,33-,34-,35-,36+,38+,41-,42-,43-/m1/s1. The van der Waals surface area contributed by atoms with Crippen LogP contribution in [-0.2, 0) is 56.9 Å². The van der Waals surface area contributed by atoms with Crippen LogP contribution in [0.3, 0.4) is 0 Å². The van der Waals surface area contributed by atoms with Crippen LogP contribution in [0.15, 0.2) is 0 Å². The predicted molar refractivity (Wildman–Crippen MR) is 214 cm³/mol. The fraction of sp³-hybridized carbons (Fsp3) is 0.907. The number of rotatable bonds is 8. The third-order valence-corrected chi connectivity index (χ3v) is 13.6. The summed E-state index contributed by atoms with van der Waals surface area (Å²) in [6.07, 6.45) is -7.61. The Labute approximate surface area is 356 Å². The van der Waals surface area contributed by atoms with Gasteiger partial charge in [0.1, 0.15) is 23.9 Å². The van der Waals surface area contributed by atoms with Crippen molar-refractivity contribution in [2.75, 3.05) is 41.4 Å². The second-order valence-corrected chi connectivity index (χ2v) is 18.7. The van der Waals surface area contributed by atoms with E-state index in [2.05, 4.69) is 17.9 Å². The van der Waals surface area contributed by atoms with Crippen LogP contribution in [0.4, 0.5) is 9.59 Å². The van der Waals surface area contributed by atoms with Gasteiger partial charge in [-0.2, -0.15) is 5.26 Å². The number of methoxy groups -OCH3 is 1. The molecule has 0 bridgehead atoms. The summed E-state index contributed by atoms with van der Waals surface area (Å²) in [4.78, 5) is 45.6. The van der Waals surface area contributed by atoms with Crippen molar-refractivity contribution >= 4 is 18.3 Å². The molecule has 0 unspecified atom stereocenters. The maximum Gasteiger partial charge on any atom is 0.509 e. The van der Waals surface area contributed by atoms with Crippen LogP contribution in [-0.4, -0.2) is 160 Å². The van der Waals surface area contributed by atoms with E-state index < -0.39 is 102 Å². The Kier molecular flexibility index (Phi) is 15.5. The molecule has 5 aliphatic rings. The lowest BCUT2D eigenvalue weighted by atomic mass is 9.77. The molecule has 17 heteroatoms. The van der Waals surface area contributed by atoms with Crippen molar-refractivity contribution in [3.05, 3.63) is 0 Å². The second kappa shape index (κ2) is 19.3. The molecule has 0 radical (unpaired) electrons. The fourth-order valence-corrected chi connectivity index (χ4v) is 10.4. The number of hydrogen-bond donors (Lipinski definition) is 0. The number of hydrogen-bond acceptors (Lipinski definition) is 17. The monoisotopic (exact) mass is 853 g/mol. The molecule has 0 aromatic heterocycles. The first-order valence-corrected chi connectivity index (χ1v) is 21.6. The van der Waals surface area contributed by atoms with E-state index in [4.69, 9.17) is 57.4 Å². The molecule has 0 aromatic carbocycles. The smallest absolute Gasteiger partial charge is 0.458 e. The Morgan fingerprint density at radius 1 is 0.917 bits per heavy atom. The fourth-order valence-electron chi connectivity index (χ4n) is 10.4. The molecule has 0 saturated carbocycles. The zero-order valence-corrected chi connectivity index (χ0v) is 38.2. The van der Waals surface area contributed by atoms with Crippen LogP contribution >= 0.6 is 0 Å². The lowest BCUT2D eigenvalue weighted by Gasteiger charge is -2.51. The van der Waals surface area contributed by atoms with Crippen molar-refractivity contribution in [2.24, 2.45) is 17.8 Å². The largest absolute Gasteiger partial charge is 0.509 e. The number of carbonyl (C=O) groups excluding carboxylic acids is 3. The van der Waals surface area contributed by atoms with Crippen LogP contribution < -0.4 is 0 Å². The van der Waals surface area contributed by atoms with Crippen LogP contribution in [0.25, 0.3) is 0 Å². The molecule has 17 nitrogen and oxygen atoms in total. The van der Waals surface area contributed by atoms with Crippen molar-refractivity contribution in [1.29, 1.82) is 5.26 Å². The van der Waals surface area contributed by atoms with E-state index >= 15 is 0 Å². The molecule has 0 aliphatic carbocycles. The highest BCUT2D eigenvalue weighted by Gasteiger charge is 2.59. The molecule has 18 atom stereocenters. The number of carbonyl (C=O) groups is 3. The normalized spacial score (nSPS) is 46.0. The Hall–Kier alpha value is -2.82. The van der Waals surface area contributed by atoms with Crippen molar-refractivity contribution in [3.8, 4) is 6.07 Å². The molecule has 5 fully saturated rings. The molecule has 0 spiro atoms. The summed E-state index contributed by atoms with van der Waals surface area (Å²) >= 11 is 0. The summed E-state index contributed by atoms with van der Waals surface area (Å²) in [6.45, 7) is 19.5. The maximum atomic E-state index is 14.7. The average Bonchev–Trinajstić information content (AvgIpc) is 3.48. The molecule has 0 N–H and O–H groups in total. The molecule has 5 saturated heterocycles. The van der Waals surface area contributed by atoms with Gasteiger partial charge < -0.3 is 57.0 Å². The summed E-state index contributed by atoms with van der Waals surface area (Å²) in [5.74, 6) is -2.40. The molecular formula is C43H71N3O14. The van der Waals surface area contributed by atoms with Crippen molar-refractivity contribution in [1.82, 2.24) is 9.80 Å². The van der Waals surface area contributed by atoms with Crippen LogP contribution in [0, 0.1) is 29.1 Å². The summed E-state index contributed by atoms with van der Waals surface area (Å²) in [6, 6.07) is 1.50. The molecular weight excluding hydrogens is 782 g/mol. The number of ether oxygens (including phenoxy) is 11. The third-order valence-electron chi connectivity index (χ3n) is 13.6. The Balaban J connectivity index is 1.62. The van der Waals surface area contributed by atoms with Crippen LogP contribution in [0.1, 0.15) is 101 Å². The minimum Gasteiger partial charge on any atom is -0.458 e. The van der Waals surface area contributed by atoms with Gasteiger partial charge in [0.15, 0.2) is 30.4 Å².